The quantitative estimate of drug-likeness (QED) is 0.584. The second kappa shape index (κ2) is 12.4. The van der Waals surface area contributed by atoms with Gasteiger partial charge in [-0.1, -0.05) is 36.4 Å². The van der Waals surface area contributed by atoms with Crippen LogP contribution in [0.15, 0.2) is 60.7 Å². The molecule has 0 fully saturated rings. The molecule has 2 rings (SSSR count). The molecule has 148 valence electrons. The van der Waals surface area contributed by atoms with Gasteiger partial charge in [-0.2, -0.15) is 0 Å². The smallest absolute Gasteiger partial charge is 0.335 e. The molecule has 2 aromatic rings. The van der Waals surface area contributed by atoms with E-state index in [1.165, 1.54) is 0 Å². The predicted molar refractivity (Wildman–Crippen MR) is 101 cm³/mol. The van der Waals surface area contributed by atoms with Crippen LogP contribution in [0.2, 0.25) is 0 Å². The van der Waals surface area contributed by atoms with E-state index in [0.29, 0.717) is 23.3 Å². The van der Waals surface area contributed by atoms with Crippen molar-refractivity contribution >= 4 is 23.9 Å². The molecule has 2 aromatic carbocycles. The van der Waals surface area contributed by atoms with Gasteiger partial charge in [0, 0.05) is 12.2 Å². The van der Waals surface area contributed by atoms with E-state index in [2.05, 4.69) is 0 Å². The van der Waals surface area contributed by atoms with Gasteiger partial charge in [0.1, 0.15) is 0 Å². The Bertz CT molecular complexity index is 797. The van der Waals surface area contributed by atoms with E-state index in [0.717, 1.165) is 11.1 Å². The maximum atomic E-state index is 10.4. The molecule has 0 atom stereocenters. The van der Waals surface area contributed by atoms with Crippen molar-refractivity contribution < 1.29 is 39.6 Å². The number of carbonyl (C=O) groups is 4. The Kier molecular flexibility index (Phi) is 10.7. The molecule has 0 aromatic heterocycles. The van der Waals surface area contributed by atoms with Crippen molar-refractivity contribution in [2.75, 3.05) is 0 Å². The summed E-state index contributed by atoms with van der Waals surface area (Å²) in [6.45, 7) is 3.56. The van der Waals surface area contributed by atoms with E-state index in [1.807, 2.05) is 12.1 Å². The van der Waals surface area contributed by atoms with Gasteiger partial charge in [0.25, 0.3) is 0 Å². The highest BCUT2D eigenvalue weighted by Gasteiger charge is 2.03. The fourth-order valence-electron chi connectivity index (χ4n) is 1.77. The van der Waals surface area contributed by atoms with Gasteiger partial charge in [-0.25, -0.2) is 19.2 Å². The maximum absolute atomic E-state index is 10.4. The molecule has 0 saturated carbocycles. The summed E-state index contributed by atoms with van der Waals surface area (Å²) in [4.78, 5) is 40.0. The van der Waals surface area contributed by atoms with Gasteiger partial charge >= 0.3 is 23.9 Å². The van der Waals surface area contributed by atoms with E-state index in [1.54, 1.807) is 50.2 Å². The number of hydrogen-bond donors (Lipinski definition) is 4. The number of hydrogen-bond acceptors (Lipinski definition) is 4. The third-order valence-electron chi connectivity index (χ3n) is 3.12. The molecule has 0 saturated heterocycles. The highest BCUT2D eigenvalue weighted by molar-refractivity contribution is 5.90. The van der Waals surface area contributed by atoms with Crippen molar-refractivity contribution in [3.63, 3.8) is 0 Å². The maximum Gasteiger partial charge on any atom is 0.335 e. The Hall–Kier alpha value is -3.94. The second-order valence-corrected chi connectivity index (χ2v) is 5.25. The molecule has 0 aliphatic carbocycles. The van der Waals surface area contributed by atoms with E-state index < -0.39 is 23.9 Å². The van der Waals surface area contributed by atoms with Crippen LogP contribution in [-0.2, 0) is 9.59 Å². The number of aryl methyl sites for hydroxylation is 2. The lowest BCUT2D eigenvalue weighted by molar-refractivity contribution is -0.134. The number of carboxylic acids is 4. The standard InChI is InChI=1S/2C8H8O2.C4H4O4/c2*1-6-4-2-3-5-7(6)8(9)10;5-3(6)1-2-4(7)8/h2*2-5H,1H3,(H,9,10);1-2H,(H,5,6)(H,7,8)/b;;2-1+. The second-order valence-electron chi connectivity index (χ2n) is 5.25. The molecular formula is C20H20O8. The lowest BCUT2D eigenvalue weighted by Gasteiger charge is -1.96. The van der Waals surface area contributed by atoms with Crippen molar-refractivity contribution in [3.8, 4) is 0 Å². The molecule has 0 unspecified atom stereocenters. The van der Waals surface area contributed by atoms with Gasteiger partial charge in [0.2, 0.25) is 0 Å². The molecule has 0 heterocycles. The van der Waals surface area contributed by atoms with E-state index in [4.69, 9.17) is 20.4 Å². The van der Waals surface area contributed by atoms with Crippen LogP contribution in [0.5, 0.6) is 0 Å². The Balaban J connectivity index is 0.000000394. The fraction of sp³-hybridized carbons (Fsp3) is 0.100. The predicted octanol–water partition coefficient (Wildman–Crippen LogP) is 3.10. The monoisotopic (exact) mass is 388 g/mol. The average molecular weight is 388 g/mol. The summed E-state index contributed by atoms with van der Waals surface area (Å²) in [6, 6.07) is 13.8. The normalized spacial score (nSPS) is 9.36. The molecule has 4 N–H and O–H groups in total. The number of aromatic carboxylic acids is 2. The molecule has 0 aliphatic rings. The Labute approximate surface area is 161 Å². The molecule has 8 heteroatoms. The molecule has 0 spiro atoms. The van der Waals surface area contributed by atoms with Gasteiger partial charge in [-0.05, 0) is 37.1 Å². The number of rotatable bonds is 4. The van der Waals surface area contributed by atoms with Crippen LogP contribution in [0.1, 0.15) is 31.8 Å². The van der Waals surface area contributed by atoms with Crippen molar-refractivity contribution in [3.05, 3.63) is 82.9 Å². The topological polar surface area (TPSA) is 149 Å². The zero-order chi connectivity index (χ0) is 21.7. The Morgan fingerprint density at radius 3 is 1.07 bits per heavy atom. The number of benzene rings is 2. The van der Waals surface area contributed by atoms with Crippen molar-refractivity contribution in [1.29, 1.82) is 0 Å². The summed E-state index contributed by atoms with van der Waals surface area (Å²) >= 11 is 0. The molecular weight excluding hydrogens is 368 g/mol. The van der Waals surface area contributed by atoms with Crippen LogP contribution >= 0.6 is 0 Å². The zero-order valence-corrected chi connectivity index (χ0v) is 15.2. The van der Waals surface area contributed by atoms with Crippen LogP contribution in [-0.4, -0.2) is 44.3 Å². The van der Waals surface area contributed by atoms with E-state index >= 15 is 0 Å². The first kappa shape index (κ1) is 24.1. The largest absolute Gasteiger partial charge is 0.478 e. The highest BCUT2D eigenvalue weighted by atomic mass is 16.4. The van der Waals surface area contributed by atoms with Gasteiger partial charge in [-0.3, -0.25) is 0 Å². The SMILES string of the molecule is Cc1ccccc1C(=O)O.Cc1ccccc1C(=O)O.O=C(O)/C=C/C(=O)O. The van der Waals surface area contributed by atoms with Gasteiger partial charge in [-0.15, -0.1) is 0 Å². The third-order valence-corrected chi connectivity index (χ3v) is 3.12. The number of carboxylic acid groups (broad SMARTS) is 4. The summed E-state index contributed by atoms with van der Waals surface area (Å²) in [5, 5.41) is 32.8. The van der Waals surface area contributed by atoms with E-state index in [-0.39, 0.29) is 0 Å². The summed E-state index contributed by atoms with van der Waals surface area (Å²) in [6.07, 6.45) is 1.12. The van der Waals surface area contributed by atoms with Crippen molar-refractivity contribution in [1.82, 2.24) is 0 Å². The number of aliphatic carboxylic acids is 2. The van der Waals surface area contributed by atoms with Crippen LogP contribution in [0.25, 0.3) is 0 Å². The molecule has 28 heavy (non-hydrogen) atoms. The Morgan fingerprint density at radius 1 is 0.607 bits per heavy atom. The van der Waals surface area contributed by atoms with Crippen LogP contribution in [0, 0.1) is 13.8 Å². The third kappa shape index (κ3) is 10.1. The molecule has 0 amide bonds. The first-order valence-electron chi connectivity index (χ1n) is 7.78. The van der Waals surface area contributed by atoms with Crippen molar-refractivity contribution in [2.45, 2.75) is 13.8 Å². The zero-order valence-electron chi connectivity index (χ0n) is 15.2. The summed E-state index contributed by atoms with van der Waals surface area (Å²) in [5.74, 6) is -4.24. The molecule has 0 radical (unpaired) electrons. The summed E-state index contributed by atoms with van der Waals surface area (Å²) in [7, 11) is 0. The summed E-state index contributed by atoms with van der Waals surface area (Å²) in [5.41, 5.74) is 2.36. The fourth-order valence-corrected chi connectivity index (χ4v) is 1.77. The molecule has 0 bridgehead atoms. The van der Waals surface area contributed by atoms with E-state index in [9.17, 15) is 19.2 Å². The average Bonchev–Trinajstić information content (AvgIpc) is 2.61. The van der Waals surface area contributed by atoms with Crippen molar-refractivity contribution in [2.24, 2.45) is 0 Å². The summed E-state index contributed by atoms with van der Waals surface area (Å²) < 4.78 is 0. The van der Waals surface area contributed by atoms with Crippen LogP contribution in [0.3, 0.4) is 0 Å². The van der Waals surface area contributed by atoms with Crippen LogP contribution < -0.4 is 0 Å². The first-order chi connectivity index (χ1) is 13.1. The lowest BCUT2D eigenvalue weighted by Crippen LogP contribution is -1.97. The van der Waals surface area contributed by atoms with Gasteiger partial charge in [0.15, 0.2) is 0 Å². The molecule has 8 nitrogen and oxygen atoms in total. The Morgan fingerprint density at radius 2 is 0.893 bits per heavy atom. The minimum Gasteiger partial charge on any atom is -0.478 e. The first-order valence-corrected chi connectivity index (χ1v) is 7.78. The lowest BCUT2D eigenvalue weighted by atomic mass is 10.1. The highest BCUT2D eigenvalue weighted by Crippen LogP contribution is 2.06. The minimum absolute atomic E-state index is 0.377. The van der Waals surface area contributed by atoms with Gasteiger partial charge < -0.3 is 20.4 Å². The minimum atomic E-state index is -1.26. The molecule has 0 aliphatic heterocycles. The van der Waals surface area contributed by atoms with Gasteiger partial charge in [0.05, 0.1) is 11.1 Å². The van der Waals surface area contributed by atoms with Crippen LogP contribution in [0.4, 0.5) is 0 Å².